The lowest BCUT2D eigenvalue weighted by molar-refractivity contribution is -0.385. The van der Waals surface area contributed by atoms with Gasteiger partial charge in [-0.15, -0.1) is 11.6 Å². The minimum Gasteiger partial charge on any atom is -0.258 e. The maximum Gasteiger partial charge on any atom is 0.276 e. The number of alkyl halides is 1. The van der Waals surface area contributed by atoms with E-state index in [4.69, 9.17) is 11.6 Å². The quantitative estimate of drug-likeness (QED) is 0.451. The highest BCUT2D eigenvalue weighted by Gasteiger charge is 2.11. The Kier molecular flexibility index (Phi) is 4.24. The van der Waals surface area contributed by atoms with Crippen molar-refractivity contribution in [2.45, 2.75) is 6.42 Å². The summed E-state index contributed by atoms with van der Waals surface area (Å²) < 4.78 is 12.8. The molecule has 0 unspecified atom stereocenters. The van der Waals surface area contributed by atoms with E-state index in [2.05, 4.69) is 0 Å². The molecule has 0 aliphatic carbocycles. The molecule has 0 aromatic heterocycles. The first-order valence-electron chi connectivity index (χ1n) is 4.31. The Balaban J connectivity index is 3.02. The number of hydrogen-bond acceptors (Lipinski definition) is 2. The van der Waals surface area contributed by atoms with E-state index in [1.165, 1.54) is 6.08 Å². The number of benzene rings is 1. The summed E-state index contributed by atoms with van der Waals surface area (Å²) in [7, 11) is 0. The summed E-state index contributed by atoms with van der Waals surface area (Å²) in [6, 6.07) is 3.34. The standard InChI is InChI=1S/C10H9ClFNO2/c11-6-2-1-3-8-7-9(12)4-5-10(8)13(14)15/h1,3-5,7H,2,6H2. The third-order valence-corrected chi connectivity index (χ3v) is 1.98. The molecule has 0 spiro atoms. The average molecular weight is 230 g/mol. The molecule has 5 heteroatoms. The van der Waals surface area contributed by atoms with Crippen molar-refractivity contribution in [3.05, 3.63) is 45.8 Å². The molecule has 1 aromatic rings. The zero-order valence-electron chi connectivity index (χ0n) is 7.82. The SMILES string of the molecule is O=[N+]([O-])c1ccc(F)cc1C=CCCCl. The molecule has 0 heterocycles. The van der Waals surface area contributed by atoms with Crippen molar-refractivity contribution in [2.75, 3.05) is 5.88 Å². The number of allylic oxidation sites excluding steroid dienone is 1. The number of hydrogen-bond donors (Lipinski definition) is 0. The normalized spacial score (nSPS) is 10.8. The summed E-state index contributed by atoms with van der Waals surface area (Å²) >= 11 is 5.44. The Morgan fingerprint density at radius 3 is 2.87 bits per heavy atom. The molecule has 0 radical (unpaired) electrons. The third kappa shape index (κ3) is 3.32. The van der Waals surface area contributed by atoms with E-state index in [0.29, 0.717) is 12.3 Å². The lowest BCUT2D eigenvalue weighted by Gasteiger charge is -1.97. The van der Waals surface area contributed by atoms with Gasteiger partial charge in [-0.25, -0.2) is 4.39 Å². The highest BCUT2D eigenvalue weighted by atomic mass is 35.5. The molecular weight excluding hydrogens is 221 g/mol. The van der Waals surface area contributed by atoms with Gasteiger partial charge in [0.25, 0.3) is 5.69 Å². The molecule has 0 saturated carbocycles. The van der Waals surface area contributed by atoms with Gasteiger partial charge in [-0.1, -0.05) is 12.2 Å². The second kappa shape index (κ2) is 5.46. The summed E-state index contributed by atoms with van der Waals surface area (Å²) in [5.74, 6) is -0.0642. The predicted octanol–water partition coefficient (Wildman–Crippen LogP) is 3.38. The topological polar surface area (TPSA) is 43.1 Å². The van der Waals surface area contributed by atoms with Crippen LogP contribution in [0.3, 0.4) is 0 Å². The molecule has 0 amide bonds. The number of rotatable bonds is 4. The van der Waals surface area contributed by atoms with Gasteiger partial charge in [0.15, 0.2) is 0 Å². The Morgan fingerprint density at radius 1 is 1.53 bits per heavy atom. The molecule has 0 aliphatic heterocycles. The number of nitrogens with zero attached hydrogens (tertiary/aromatic N) is 1. The van der Waals surface area contributed by atoms with Crippen LogP contribution in [-0.2, 0) is 0 Å². The molecule has 1 rings (SSSR count). The Bertz CT molecular complexity index is 393. The molecule has 80 valence electrons. The molecule has 0 atom stereocenters. The van der Waals surface area contributed by atoms with Crippen LogP contribution in [0.5, 0.6) is 0 Å². The lowest BCUT2D eigenvalue weighted by Crippen LogP contribution is -1.92. The summed E-state index contributed by atoms with van der Waals surface area (Å²) in [6.07, 6.45) is 3.77. The van der Waals surface area contributed by atoms with E-state index >= 15 is 0 Å². The van der Waals surface area contributed by atoms with Crippen molar-refractivity contribution in [1.82, 2.24) is 0 Å². The van der Waals surface area contributed by atoms with Gasteiger partial charge in [0.2, 0.25) is 0 Å². The monoisotopic (exact) mass is 229 g/mol. The fraction of sp³-hybridized carbons (Fsp3) is 0.200. The van der Waals surface area contributed by atoms with Gasteiger partial charge in [-0.2, -0.15) is 0 Å². The zero-order valence-corrected chi connectivity index (χ0v) is 8.58. The maximum atomic E-state index is 12.8. The van der Waals surface area contributed by atoms with Crippen molar-refractivity contribution < 1.29 is 9.31 Å². The molecule has 0 saturated heterocycles. The fourth-order valence-corrected chi connectivity index (χ4v) is 1.22. The van der Waals surface area contributed by atoms with Gasteiger partial charge >= 0.3 is 0 Å². The lowest BCUT2D eigenvalue weighted by atomic mass is 10.1. The van der Waals surface area contributed by atoms with E-state index in [0.717, 1.165) is 18.2 Å². The van der Waals surface area contributed by atoms with Crippen LogP contribution in [0, 0.1) is 15.9 Å². The van der Waals surface area contributed by atoms with E-state index in [1.54, 1.807) is 6.08 Å². The molecule has 0 fully saturated rings. The van der Waals surface area contributed by atoms with Crippen LogP contribution in [0.25, 0.3) is 6.08 Å². The molecule has 0 aliphatic rings. The number of halogens is 2. The highest BCUT2D eigenvalue weighted by Crippen LogP contribution is 2.20. The number of nitro benzene ring substituents is 1. The van der Waals surface area contributed by atoms with Gasteiger partial charge < -0.3 is 0 Å². The summed E-state index contributed by atoms with van der Waals surface area (Å²) in [4.78, 5) is 10.0. The Hall–Kier alpha value is -1.42. The molecule has 1 aromatic carbocycles. The predicted molar refractivity (Wildman–Crippen MR) is 57.4 cm³/mol. The average Bonchev–Trinajstić information content (AvgIpc) is 2.18. The second-order valence-corrected chi connectivity index (χ2v) is 3.22. The summed E-state index contributed by atoms with van der Waals surface area (Å²) in [5.41, 5.74) is 0.146. The largest absolute Gasteiger partial charge is 0.276 e. The van der Waals surface area contributed by atoms with Crippen molar-refractivity contribution in [3.8, 4) is 0 Å². The molecule has 15 heavy (non-hydrogen) atoms. The first-order chi connectivity index (χ1) is 7.15. The van der Waals surface area contributed by atoms with Crippen molar-refractivity contribution in [3.63, 3.8) is 0 Å². The van der Waals surface area contributed by atoms with E-state index in [-0.39, 0.29) is 11.3 Å². The van der Waals surface area contributed by atoms with E-state index in [9.17, 15) is 14.5 Å². The molecule has 0 N–H and O–H groups in total. The smallest absolute Gasteiger partial charge is 0.258 e. The van der Waals surface area contributed by atoms with E-state index < -0.39 is 10.7 Å². The second-order valence-electron chi connectivity index (χ2n) is 2.84. The van der Waals surface area contributed by atoms with Crippen LogP contribution in [0.15, 0.2) is 24.3 Å². The highest BCUT2D eigenvalue weighted by molar-refractivity contribution is 6.17. The summed E-state index contributed by atoms with van der Waals surface area (Å²) in [5, 5.41) is 10.6. The van der Waals surface area contributed by atoms with Crippen LogP contribution in [-0.4, -0.2) is 10.8 Å². The fourth-order valence-electron chi connectivity index (χ4n) is 1.10. The van der Waals surface area contributed by atoms with E-state index in [1.807, 2.05) is 0 Å². The third-order valence-electron chi connectivity index (χ3n) is 1.76. The Labute approximate surface area is 91.3 Å². The van der Waals surface area contributed by atoms with Crippen LogP contribution < -0.4 is 0 Å². The van der Waals surface area contributed by atoms with Crippen LogP contribution >= 0.6 is 11.6 Å². The minimum absolute atomic E-state index is 0.109. The Morgan fingerprint density at radius 2 is 2.27 bits per heavy atom. The van der Waals surface area contributed by atoms with Crippen molar-refractivity contribution in [1.29, 1.82) is 0 Å². The first kappa shape index (κ1) is 11.7. The van der Waals surface area contributed by atoms with Gasteiger partial charge in [0.05, 0.1) is 10.5 Å². The van der Waals surface area contributed by atoms with Crippen molar-refractivity contribution >= 4 is 23.4 Å². The minimum atomic E-state index is -0.542. The van der Waals surface area contributed by atoms with Crippen LogP contribution in [0.1, 0.15) is 12.0 Å². The molecule has 0 bridgehead atoms. The molecule has 3 nitrogen and oxygen atoms in total. The summed E-state index contributed by atoms with van der Waals surface area (Å²) in [6.45, 7) is 0. The maximum absolute atomic E-state index is 12.8. The molecular formula is C10H9ClFNO2. The van der Waals surface area contributed by atoms with Gasteiger partial charge in [0.1, 0.15) is 5.82 Å². The van der Waals surface area contributed by atoms with Gasteiger partial charge in [-0.05, 0) is 18.6 Å². The first-order valence-corrected chi connectivity index (χ1v) is 4.85. The number of nitro groups is 1. The van der Waals surface area contributed by atoms with Crippen molar-refractivity contribution in [2.24, 2.45) is 0 Å². The van der Waals surface area contributed by atoms with Crippen LogP contribution in [0.2, 0.25) is 0 Å². The van der Waals surface area contributed by atoms with Crippen LogP contribution in [0.4, 0.5) is 10.1 Å². The zero-order chi connectivity index (χ0) is 11.3. The van der Waals surface area contributed by atoms with Gasteiger partial charge in [0, 0.05) is 11.9 Å². The van der Waals surface area contributed by atoms with Gasteiger partial charge in [-0.3, -0.25) is 10.1 Å².